The van der Waals surface area contributed by atoms with E-state index >= 15 is 0 Å². The van der Waals surface area contributed by atoms with Crippen molar-refractivity contribution in [1.29, 1.82) is 0 Å². The molecule has 2 aromatic heterocycles. The molecule has 1 N–H and O–H groups in total. The van der Waals surface area contributed by atoms with Crippen molar-refractivity contribution < 1.29 is 4.79 Å². The molecule has 0 saturated carbocycles. The molecule has 4 nitrogen and oxygen atoms in total. The summed E-state index contributed by atoms with van der Waals surface area (Å²) in [7, 11) is 0. The lowest BCUT2D eigenvalue weighted by molar-refractivity contribution is 0.0954. The van der Waals surface area contributed by atoms with Crippen LogP contribution in [-0.2, 0) is 0 Å². The van der Waals surface area contributed by atoms with Crippen LogP contribution in [0.3, 0.4) is 0 Å². The van der Waals surface area contributed by atoms with Gasteiger partial charge in [0.15, 0.2) is 0 Å². The maximum absolute atomic E-state index is 12.6. The minimum atomic E-state index is -0.0247. The number of benzene rings is 1. The number of nitrogens with one attached hydrogen (secondary N) is 1. The first-order chi connectivity index (χ1) is 13.1. The number of amides is 1. The number of carbonyl (C=O) groups is 1. The first-order valence-electron chi connectivity index (χ1n) is 9.60. The third kappa shape index (κ3) is 4.10. The Morgan fingerprint density at radius 2 is 2.22 bits per heavy atom. The topological polar surface area (TPSA) is 45.2 Å². The molecular formula is C21H24ClN3OS. The molecule has 1 aliphatic heterocycles. The fourth-order valence-electron chi connectivity index (χ4n) is 3.87. The normalized spacial score (nSPS) is 18.2. The van der Waals surface area contributed by atoms with E-state index in [2.05, 4.69) is 22.1 Å². The van der Waals surface area contributed by atoms with Crippen molar-refractivity contribution in [2.24, 2.45) is 5.92 Å². The van der Waals surface area contributed by atoms with Crippen molar-refractivity contribution in [3.63, 3.8) is 0 Å². The van der Waals surface area contributed by atoms with Crippen molar-refractivity contribution in [1.82, 2.24) is 15.2 Å². The molecule has 1 saturated heterocycles. The second kappa shape index (κ2) is 8.13. The third-order valence-electron chi connectivity index (χ3n) is 5.22. The number of rotatable bonds is 5. The van der Waals surface area contributed by atoms with Crippen LogP contribution in [0.1, 0.15) is 35.9 Å². The second-order valence-corrected chi connectivity index (χ2v) is 8.84. The number of thiophene rings is 1. The van der Waals surface area contributed by atoms with E-state index in [-0.39, 0.29) is 5.91 Å². The number of pyridine rings is 1. The number of piperidine rings is 1. The summed E-state index contributed by atoms with van der Waals surface area (Å²) in [6.45, 7) is 6.44. The van der Waals surface area contributed by atoms with E-state index in [9.17, 15) is 4.79 Å². The zero-order chi connectivity index (χ0) is 18.8. The summed E-state index contributed by atoms with van der Waals surface area (Å²) < 4.78 is 1.03. The number of carbonyl (C=O) groups excluding carboxylic acids is 1. The van der Waals surface area contributed by atoms with Crippen LogP contribution in [0.5, 0.6) is 0 Å². The second-order valence-electron chi connectivity index (χ2n) is 7.43. The lowest BCUT2D eigenvalue weighted by Gasteiger charge is -2.30. The Morgan fingerprint density at radius 3 is 3.07 bits per heavy atom. The zero-order valence-corrected chi connectivity index (χ0v) is 17.1. The molecule has 1 amide bonds. The summed E-state index contributed by atoms with van der Waals surface area (Å²) in [5, 5.41) is 5.41. The van der Waals surface area contributed by atoms with Gasteiger partial charge in [0.25, 0.3) is 5.91 Å². The molecule has 0 aliphatic carbocycles. The molecule has 1 aliphatic rings. The van der Waals surface area contributed by atoms with E-state index in [0.717, 1.165) is 39.9 Å². The lowest BCUT2D eigenvalue weighted by atomic mass is 10.0. The molecule has 6 heteroatoms. The van der Waals surface area contributed by atoms with Crippen molar-refractivity contribution in [2.75, 3.05) is 26.2 Å². The van der Waals surface area contributed by atoms with Gasteiger partial charge in [0.2, 0.25) is 0 Å². The molecule has 142 valence electrons. The summed E-state index contributed by atoms with van der Waals surface area (Å²) in [5.41, 5.74) is 0.861. The summed E-state index contributed by atoms with van der Waals surface area (Å²) in [5.74, 6) is 0.767. The molecule has 0 unspecified atom stereocenters. The number of para-hydroxylation sites is 1. The van der Waals surface area contributed by atoms with Crippen LogP contribution in [0.15, 0.2) is 30.3 Å². The van der Waals surface area contributed by atoms with Crippen LogP contribution in [0, 0.1) is 5.92 Å². The Hall–Kier alpha value is -1.69. The highest BCUT2D eigenvalue weighted by Crippen LogP contribution is 2.35. The van der Waals surface area contributed by atoms with Crippen molar-refractivity contribution >= 4 is 49.8 Å². The number of halogens is 1. The van der Waals surface area contributed by atoms with E-state index < -0.39 is 0 Å². The largest absolute Gasteiger partial charge is 0.351 e. The number of hydrogen-bond acceptors (Lipinski definition) is 4. The van der Waals surface area contributed by atoms with E-state index in [4.69, 9.17) is 11.6 Å². The molecule has 1 fully saturated rings. The number of nitrogens with zero attached hydrogens (tertiary/aromatic N) is 2. The molecule has 0 radical (unpaired) electrons. The van der Waals surface area contributed by atoms with E-state index in [0.29, 0.717) is 16.6 Å². The predicted octanol–water partition coefficient (Wildman–Crippen LogP) is 4.95. The van der Waals surface area contributed by atoms with Gasteiger partial charge in [0.05, 0.1) is 10.4 Å². The fourth-order valence-corrected chi connectivity index (χ4v) is 5.27. The number of fused-ring (bicyclic) bond motifs is 3. The molecule has 1 atom stereocenters. The van der Waals surface area contributed by atoms with Gasteiger partial charge in [0, 0.05) is 28.6 Å². The van der Waals surface area contributed by atoms with Crippen LogP contribution in [0.2, 0.25) is 5.15 Å². The SMILES string of the molecule is C[C@@H]1CCCN(CCCNC(=O)c2cc3c(Cl)nc4ccccc4c3s2)C1. The van der Waals surface area contributed by atoms with Crippen LogP contribution in [0.25, 0.3) is 21.0 Å². The zero-order valence-electron chi connectivity index (χ0n) is 15.5. The van der Waals surface area contributed by atoms with E-state index in [1.54, 1.807) is 0 Å². The first kappa shape index (κ1) is 18.7. The Morgan fingerprint density at radius 1 is 1.37 bits per heavy atom. The van der Waals surface area contributed by atoms with Crippen LogP contribution < -0.4 is 5.32 Å². The van der Waals surface area contributed by atoms with Gasteiger partial charge in [0.1, 0.15) is 5.15 Å². The average molecular weight is 402 g/mol. The quantitative estimate of drug-likeness (QED) is 0.485. The summed E-state index contributed by atoms with van der Waals surface area (Å²) in [6.07, 6.45) is 3.61. The molecule has 3 aromatic rings. The highest BCUT2D eigenvalue weighted by Gasteiger charge is 2.17. The highest BCUT2D eigenvalue weighted by molar-refractivity contribution is 7.21. The minimum Gasteiger partial charge on any atom is -0.351 e. The smallest absolute Gasteiger partial charge is 0.261 e. The van der Waals surface area contributed by atoms with Gasteiger partial charge in [-0.05, 0) is 50.4 Å². The number of aromatic nitrogens is 1. The highest BCUT2D eigenvalue weighted by atomic mass is 35.5. The van der Waals surface area contributed by atoms with Crippen LogP contribution in [0.4, 0.5) is 0 Å². The maximum Gasteiger partial charge on any atom is 0.261 e. The standard InChI is InChI=1S/C21H24ClN3OS/c1-14-6-4-10-25(13-14)11-5-9-23-21(26)18-12-16-19(27-18)15-7-2-3-8-17(15)24-20(16)22/h2-3,7-8,12,14H,4-6,9-11,13H2,1H3,(H,23,26)/t14-/m1/s1. The van der Waals surface area contributed by atoms with Gasteiger partial charge >= 0.3 is 0 Å². The Labute approximate surface area is 168 Å². The van der Waals surface area contributed by atoms with E-state index in [1.807, 2.05) is 30.3 Å². The maximum atomic E-state index is 12.6. The fraction of sp³-hybridized carbons (Fsp3) is 0.429. The lowest BCUT2D eigenvalue weighted by Crippen LogP contribution is -2.36. The van der Waals surface area contributed by atoms with Gasteiger partial charge in [-0.3, -0.25) is 4.79 Å². The van der Waals surface area contributed by atoms with Crippen molar-refractivity contribution in [2.45, 2.75) is 26.2 Å². The Kier molecular flexibility index (Phi) is 5.62. The van der Waals surface area contributed by atoms with Gasteiger partial charge in [-0.25, -0.2) is 4.98 Å². The molecular weight excluding hydrogens is 378 g/mol. The summed E-state index contributed by atoms with van der Waals surface area (Å²) >= 11 is 7.83. The summed E-state index contributed by atoms with van der Waals surface area (Å²) in [4.78, 5) is 20.2. The molecule has 1 aromatic carbocycles. The van der Waals surface area contributed by atoms with Gasteiger partial charge < -0.3 is 10.2 Å². The first-order valence-corrected chi connectivity index (χ1v) is 10.8. The van der Waals surface area contributed by atoms with Gasteiger partial charge in [-0.15, -0.1) is 11.3 Å². The molecule has 3 heterocycles. The predicted molar refractivity (Wildman–Crippen MR) is 114 cm³/mol. The van der Waals surface area contributed by atoms with Crippen molar-refractivity contribution in [3.05, 3.63) is 40.4 Å². The van der Waals surface area contributed by atoms with Gasteiger partial charge in [-0.1, -0.05) is 36.7 Å². The molecule has 27 heavy (non-hydrogen) atoms. The molecule has 0 spiro atoms. The third-order valence-corrected chi connectivity index (χ3v) is 6.68. The number of hydrogen-bond donors (Lipinski definition) is 1. The van der Waals surface area contributed by atoms with Crippen LogP contribution >= 0.6 is 22.9 Å². The number of likely N-dealkylation sites (tertiary alicyclic amines) is 1. The molecule has 0 bridgehead atoms. The Bertz CT molecular complexity index is 971. The van der Waals surface area contributed by atoms with Crippen molar-refractivity contribution in [3.8, 4) is 0 Å². The monoisotopic (exact) mass is 401 g/mol. The average Bonchev–Trinajstić information content (AvgIpc) is 3.12. The van der Waals surface area contributed by atoms with Gasteiger partial charge in [-0.2, -0.15) is 0 Å². The molecule has 4 rings (SSSR count). The summed E-state index contributed by atoms with van der Waals surface area (Å²) in [6, 6.07) is 9.77. The van der Waals surface area contributed by atoms with E-state index in [1.165, 1.54) is 37.3 Å². The minimum absolute atomic E-state index is 0.0247. The van der Waals surface area contributed by atoms with Crippen LogP contribution in [-0.4, -0.2) is 42.0 Å². The Balaban J connectivity index is 1.41.